The van der Waals surface area contributed by atoms with Crippen molar-refractivity contribution in [2.45, 2.75) is 77.0 Å². The Balaban J connectivity index is 0.841. The molecule has 0 radical (unpaired) electrons. The van der Waals surface area contributed by atoms with E-state index in [-0.39, 0.29) is 59.0 Å². The Morgan fingerprint density at radius 2 is 1.66 bits per heavy atom. The summed E-state index contributed by atoms with van der Waals surface area (Å²) in [6.45, 7) is 10.3. The number of carbonyl (C=O) groups excluding carboxylic acids is 5. The highest BCUT2D eigenvalue weighted by Gasteiger charge is 2.44. The van der Waals surface area contributed by atoms with Crippen molar-refractivity contribution in [2.24, 2.45) is 11.0 Å². The molecule has 1 saturated heterocycles. The molecule has 2 atom stereocenters. The van der Waals surface area contributed by atoms with Crippen LogP contribution in [0.3, 0.4) is 0 Å². The molecule has 1 aromatic heterocycles. The minimum Gasteiger partial charge on any atom is -0.494 e. The maximum absolute atomic E-state index is 15.0. The number of nitrogens with zero attached hydrogens (tertiary/aromatic N) is 4. The van der Waals surface area contributed by atoms with Gasteiger partial charge in [-0.3, -0.25) is 24.2 Å². The Morgan fingerprint density at radius 1 is 0.922 bits per heavy atom. The highest BCUT2D eigenvalue weighted by atomic mass is 33.1. The molecule has 3 N–H and O–H groups in total. The summed E-state index contributed by atoms with van der Waals surface area (Å²) in [5.41, 5.74) is 7.27. The molecule has 4 aromatic rings. The Labute approximate surface area is 382 Å². The lowest BCUT2D eigenvalue weighted by Crippen LogP contribution is -2.48. The van der Waals surface area contributed by atoms with Crippen LogP contribution in [0.25, 0.3) is 0 Å². The van der Waals surface area contributed by atoms with E-state index >= 15 is 0 Å². The van der Waals surface area contributed by atoms with Gasteiger partial charge in [0.15, 0.2) is 0 Å². The lowest BCUT2D eigenvalue weighted by atomic mass is 10.1. The molecule has 2 fully saturated rings. The maximum Gasteiger partial charge on any atom is 0.251 e. The lowest BCUT2D eigenvalue weighted by Gasteiger charge is -2.36. The fraction of sp³-hybridized carbons (Fsp3) is 0.396. The number of piperazine rings is 1. The molecule has 1 saturated carbocycles. The fourth-order valence-corrected chi connectivity index (χ4v) is 9.71. The molecular weight excluding hydrogens is 854 g/mol. The van der Waals surface area contributed by atoms with Gasteiger partial charge in [0.25, 0.3) is 5.91 Å². The Hall–Kier alpha value is -5.74. The van der Waals surface area contributed by atoms with Crippen LogP contribution in [0.15, 0.2) is 96.4 Å². The number of nitrogens with one attached hydrogen (secondary N) is 3. The molecule has 2 unspecified atom stereocenters. The van der Waals surface area contributed by atoms with Crippen LogP contribution in [0.5, 0.6) is 5.75 Å². The van der Waals surface area contributed by atoms with Crippen molar-refractivity contribution in [2.75, 3.05) is 48.8 Å². The van der Waals surface area contributed by atoms with Crippen LogP contribution in [-0.4, -0.2) is 88.3 Å². The van der Waals surface area contributed by atoms with Crippen molar-refractivity contribution in [3.8, 4) is 5.75 Å². The number of amides is 4. The highest BCUT2D eigenvalue weighted by Crippen LogP contribution is 2.47. The van der Waals surface area contributed by atoms with Gasteiger partial charge in [0.2, 0.25) is 17.7 Å². The van der Waals surface area contributed by atoms with Crippen LogP contribution in [0.2, 0.25) is 0 Å². The van der Waals surface area contributed by atoms with Crippen LogP contribution in [0.1, 0.15) is 92.8 Å². The molecule has 2 heterocycles. The zero-order valence-electron chi connectivity index (χ0n) is 36.7. The molecule has 0 spiro atoms. The number of anilines is 2. The standard InChI is InChI=1S/C48H56FN7O6S2/c1-32(57)7-6-25-62-40-17-12-34(13-18-40)33(2)53-54-44(58)29-48(3,4)64-63-26-19-45(59)56-23-21-55(22-24-56)39-15-10-35(11-16-39)46(60)51-31-37-9-14-38(27-43(37)49)52-47(61)42-28-41(42)36-8-5-20-50-30-36/h5,8-18,20,27,30,41-42H,6-7,19,21-26,28-29,31H2,1-4H3,(H,51,60)(H,52,61)(H,54,58)/b53-33+. The number of ether oxygens (including phenoxy) is 1. The molecule has 1 aliphatic heterocycles. The van der Waals surface area contributed by atoms with E-state index in [4.69, 9.17) is 4.74 Å². The molecule has 13 nitrogen and oxygen atoms in total. The van der Waals surface area contributed by atoms with E-state index in [0.29, 0.717) is 86.1 Å². The third-order valence-corrected chi connectivity index (χ3v) is 14.3. The third kappa shape index (κ3) is 14.4. The van der Waals surface area contributed by atoms with Gasteiger partial charge in [0.1, 0.15) is 17.3 Å². The van der Waals surface area contributed by atoms with Gasteiger partial charge in [-0.05, 0) is 124 Å². The first-order valence-corrected chi connectivity index (χ1v) is 23.8. The average molecular weight is 910 g/mol. The summed E-state index contributed by atoms with van der Waals surface area (Å²) in [6, 6.07) is 22.9. The quantitative estimate of drug-likeness (QED) is 0.0326. The number of ketones is 1. The van der Waals surface area contributed by atoms with Crippen molar-refractivity contribution in [3.63, 3.8) is 0 Å². The lowest BCUT2D eigenvalue weighted by molar-refractivity contribution is -0.131. The molecule has 1 aliphatic carbocycles. The normalized spacial score (nSPS) is 16.2. The minimum absolute atomic E-state index is 0.00898. The summed E-state index contributed by atoms with van der Waals surface area (Å²) in [6.07, 6.45) is 6.01. The summed E-state index contributed by atoms with van der Waals surface area (Å²) >= 11 is 0. The summed E-state index contributed by atoms with van der Waals surface area (Å²) < 4.78 is 20.3. The Bertz CT molecular complexity index is 2290. The molecule has 338 valence electrons. The number of carbonyl (C=O) groups is 5. The largest absolute Gasteiger partial charge is 0.494 e. The van der Waals surface area contributed by atoms with Crippen LogP contribution in [0, 0.1) is 11.7 Å². The number of hydrazone groups is 1. The van der Waals surface area contributed by atoms with E-state index in [1.165, 1.54) is 6.07 Å². The molecular formula is C48H56FN7O6S2. The summed E-state index contributed by atoms with van der Waals surface area (Å²) in [5, 5.41) is 9.87. The van der Waals surface area contributed by atoms with Crippen molar-refractivity contribution >= 4 is 68.1 Å². The van der Waals surface area contributed by atoms with Crippen LogP contribution < -0.4 is 25.7 Å². The zero-order valence-corrected chi connectivity index (χ0v) is 38.4. The molecule has 3 aromatic carbocycles. The van der Waals surface area contributed by atoms with E-state index in [1.54, 1.807) is 65.2 Å². The number of halogens is 1. The van der Waals surface area contributed by atoms with E-state index in [0.717, 1.165) is 23.2 Å². The summed E-state index contributed by atoms with van der Waals surface area (Å²) in [7, 11) is 3.16. The number of hydrogen-bond acceptors (Lipinski definition) is 11. The molecule has 16 heteroatoms. The molecule has 0 bridgehead atoms. The van der Waals surface area contributed by atoms with Crippen molar-refractivity contribution in [1.82, 2.24) is 20.6 Å². The molecule has 2 aliphatic rings. The van der Waals surface area contributed by atoms with E-state index < -0.39 is 5.82 Å². The van der Waals surface area contributed by atoms with Crippen LogP contribution in [0.4, 0.5) is 15.8 Å². The van der Waals surface area contributed by atoms with E-state index in [2.05, 4.69) is 31.0 Å². The van der Waals surface area contributed by atoms with Gasteiger partial charge in [-0.25, -0.2) is 9.82 Å². The fourth-order valence-electron chi connectivity index (χ4n) is 7.23. The first-order valence-electron chi connectivity index (χ1n) is 21.5. The Morgan fingerprint density at radius 3 is 2.34 bits per heavy atom. The van der Waals surface area contributed by atoms with Crippen molar-refractivity contribution in [1.29, 1.82) is 0 Å². The second-order valence-electron chi connectivity index (χ2n) is 16.6. The Kier molecular flexibility index (Phi) is 17.0. The maximum atomic E-state index is 15.0. The SMILES string of the molecule is CC(=O)CCCOc1ccc(/C(C)=N/NC(=O)CC(C)(C)SSCCC(=O)N2CCN(c3ccc(C(=O)NCc4ccc(NC(=O)C5CC5c5cccnc5)cc4F)cc3)CC2)cc1. The number of hydrogen-bond donors (Lipinski definition) is 3. The van der Waals surface area contributed by atoms with Gasteiger partial charge in [-0.15, -0.1) is 0 Å². The highest BCUT2D eigenvalue weighted by molar-refractivity contribution is 8.77. The first-order chi connectivity index (χ1) is 30.7. The third-order valence-electron chi connectivity index (χ3n) is 11.0. The van der Waals surface area contributed by atoms with E-state index in [1.807, 2.05) is 74.2 Å². The zero-order chi connectivity index (χ0) is 45.6. The molecule has 64 heavy (non-hydrogen) atoms. The summed E-state index contributed by atoms with van der Waals surface area (Å²) in [5.74, 6) is 0.323. The van der Waals surface area contributed by atoms with Gasteiger partial charge in [-0.1, -0.05) is 33.7 Å². The van der Waals surface area contributed by atoms with Gasteiger partial charge >= 0.3 is 0 Å². The van der Waals surface area contributed by atoms with Crippen LogP contribution in [-0.2, 0) is 25.7 Å². The summed E-state index contributed by atoms with van der Waals surface area (Å²) in [4.78, 5) is 70.7. The smallest absolute Gasteiger partial charge is 0.251 e. The minimum atomic E-state index is -0.520. The van der Waals surface area contributed by atoms with Crippen molar-refractivity contribution < 1.29 is 33.1 Å². The van der Waals surface area contributed by atoms with Gasteiger partial charge in [0.05, 0.1) is 12.3 Å². The number of Topliss-reactive ketones (excluding diaryl/α,β-unsaturated/α-hetero) is 1. The van der Waals surface area contributed by atoms with Crippen LogP contribution >= 0.6 is 21.6 Å². The topological polar surface area (TPSA) is 162 Å². The van der Waals surface area contributed by atoms with Gasteiger partial charge in [-0.2, -0.15) is 5.10 Å². The molecule has 4 amide bonds. The first kappa shape index (κ1) is 47.7. The predicted molar refractivity (Wildman–Crippen MR) is 252 cm³/mol. The second kappa shape index (κ2) is 22.7. The van der Waals surface area contributed by atoms with Gasteiger partial charge < -0.3 is 30.0 Å². The monoisotopic (exact) mass is 909 g/mol. The number of benzene rings is 3. The second-order valence-corrected chi connectivity index (χ2v) is 19.8. The molecule has 6 rings (SSSR count). The average Bonchev–Trinajstić information content (AvgIpc) is 4.10. The number of rotatable bonds is 21. The predicted octanol–water partition coefficient (Wildman–Crippen LogP) is 7.77. The van der Waals surface area contributed by atoms with Crippen molar-refractivity contribution in [3.05, 3.63) is 119 Å². The van der Waals surface area contributed by atoms with E-state index in [9.17, 15) is 28.4 Å². The number of aromatic nitrogens is 1. The number of pyridine rings is 1. The van der Waals surface area contributed by atoms with Gasteiger partial charge in [0, 0.05) is 103 Å².